The van der Waals surface area contributed by atoms with Crippen molar-refractivity contribution < 1.29 is 4.74 Å². The molecule has 1 aromatic carbocycles. The molecule has 96 valence electrons. The number of benzene rings is 1. The van der Waals surface area contributed by atoms with Crippen molar-refractivity contribution in [2.45, 2.75) is 26.3 Å². The van der Waals surface area contributed by atoms with Gasteiger partial charge in [0.2, 0.25) is 0 Å². The van der Waals surface area contributed by atoms with E-state index in [4.69, 9.17) is 4.74 Å². The summed E-state index contributed by atoms with van der Waals surface area (Å²) >= 11 is 0. The summed E-state index contributed by atoms with van der Waals surface area (Å²) in [6.07, 6.45) is 1.05. The summed E-state index contributed by atoms with van der Waals surface area (Å²) in [5.74, 6) is 0.984. The van der Waals surface area contributed by atoms with Crippen LogP contribution >= 0.6 is 0 Å². The summed E-state index contributed by atoms with van der Waals surface area (Å²) in [5.41, 5.74) is 3.81. The summed E-state index contributed by atoms with van der Waals surface area (Å²) in [5, 5.41) is 6.56. The normalized spacial score (nSPS) is 12.5. The standard InChI is InChI=1S/C14H24N2O/c1-10-8-11(2)14(13(9-10)17-5)12(16-4)6-7-15-3/h8-9,12,15-16H,6-7H2,1-5H3. The average Bonchev–Trinajstić information content (AvgIpc) is 2.31. The van der Waals surface area contributed by atoms with E-state index in [-0.39, 0.29) is 0 Å². The quantitative estimate of drug-likeness (QED) is 0.794. The molecule has 0 aliphatic heterocycles. The van der Waals surface area contributed by atoms with Gasteiger partial charge >= 0.3 is 0 Å². The van der Waals surface area contributed by atoms with Crippen LogP contribution in [0.1, 0.15) is 29.2 Å². The highest BCUT2D eigenvalue weighted by molar-refractivity contribution is 5.45. The van der Waals surface area contributed by atoms with Gasteiger partial charge in [-0.2, -0.15) is 0 Å². The van der Waals surface area contributed by atoms with Crippen molar-refractivity contribution in [3.63, 3.8) is 0 Å². The maximum absolute atomic E-state index is 5.51. The van der Waals surface area contributed by atoms with Crippen LogP contribution in [0.3, 0.4) is 0 Å². The molecule has 0 saturated heterocycles. The van der Waals surface area contributed by atoms with Crippen LogP contribution in [0.4, 0.5) is 0 Å². The lowest BCUT2D eigenvalue weighted by atomic mass is 9.96. The average molecular weight is 236 g/mol. The monoisotopic (exact) mass is 236 g/mol. The third-order valence-electron chi connectivity index (χ3n) is 3.09. The second-order valence-corrected chi connectivity index (χ2v) is 4.43. The minimum atomic E-state index is 0.331. The Hall–Kier alpha value is -1.06. The molecule has 17 heavy (non-hydrogen) atoms. The van der Waals surface area contributed by atoms with Gasteiger partial charge in [0.1, 0.15) is 5.75 Å². The van der Waals surface area contributed by atoms with Crippen LogP contribution < -0.4 is 15.4 Å². The highest BCUT2D eigenvalue weighted by Crippen LogP contribution is 2.31. The lowest BCUT2D eigenvalue weighted by Gasteiger charge is -2.22. The molecule has 0 saturated carbocycles. The first kappa shape index (κ1) is 14.0. The molecule has 0 fully saturated rings. The Morgan fingerprint density at radius 1 is 1.24 bits per heavy atom. The first-order valence-corrected chi connectivity index (χ1v) is 6.11. The van der Waals surface area contributed by atoms with Crippen LogP contribution in [0, 0.1) is 13.8 Å². The summed E-state index contributed by atoms with van der Waals surface area (Å²) in [6.45, 7) is 5.23. The van der Waals surface area contributed by atoms with Crippen LogP contribution in [0.25, 0.3) is 0 Å². The summed E-state index contributed by atoms with van der Waals surface area (Å²) in [7, 11) is 5.72. The Kier molecular flexibility index (Phi) is 5.45. The molecule has 0 spiro atoms. The minimum absolute atomic E-state index is 0.331. The fourth-order valence-corrected chi connectivity index (χ4v) is 2.28. The Bertz CT molecular complexity index is 363. The molecule has 0 aliphatic rings. The molecule has 1 rings (SSSR count). The molecular weight excluding hydrogens is 212 g/mol. The van der Waals surface area contributed by atoms with E-state index in [2.05, 4.69) is 36.6 Å². The predicted molar refractivity (Wildman–Crippen MR) is 72.8 cm³/mol. The molecule has 0 bridgehead atoms. The fourth-order valence-electron chi connectivity index (χ4n) is 2.28. The number of rotatable bonds is 6. The molecule has 3 nitrogen and oxygen atoms in total. The van der Waals surface area contributed by atoms with E-state index >= 15 is 0 Å². The summed E-state index contributed by atoms with van der Waals surface area (Å²) in [6, 6.07) is 4.64. The number of methoxy groups -OCH3 is 1. The lowest BCUT2D eigenvalue weighted by molar-refractivity contribution is 0.397. The van der Waals surface area contributed by atoms with Crippen LogP contribution in [0.2, 0.25) is 0 Å². The Balaban J connectivity index is 3.08. The van der Waals surface area contributed by atoms with Crippen LogP contribution in [0.5, 0.6) is 5.75 Å². The molecule has 0 heterocycles. The molecule has 0 amide bonds. The molecule has 0 aromatic heterocycles. The van der Waals surface area contributed by atoms with Crippen molar-refractivity contribution in [2.24, 2.45) is 0 Å². The van der Waals surface area contributed by atoms with Crippen LogP contribution in [-0.4, -0.2) is 27.7 Å². The minimum Gasteiger partial charge on any atom is -0.496 e. The van der Waals surface area contributed by atoms with Crippen LogP contribution in [-0.2, 0) is 0 Å². The van der Waals surface area contributed by atoms with E-state index in [1.165, 1.54) is 16.7 Å². The van der Waals surface area contributed by atoms with Gasteiger partial charge < -0.3 is 15.4 Å². The third kappa shape index (κ3) is 3.45. The van der Waals surface area contributed by atoms with Crippen LogP contribution in [0.15, 0.2) is 12.1 Å². The molecule has 3 heteroatoms. The Morgan fingerprint density at radius 3 is 2.47 bits per heavy atom. The number of hydrogen-bond acceptors (Lipinski definition) is 3. The largest absolute Gasteiger partial charge is 0.496 e. The highest BCUT2D eigenvalue weighted by Gasteiger charge is 2.16. The van der Waals surface area contributed by atoms with Crippen molar-refractivity contribution in [1.29, 1.82) is 0 Å². The predicted octanol–water partition coefficient (Wildman–Crippen LogP) is 2.18. The smallest absolute Gasteiger partial charge is 0.124 e. The summed E-state index contributed by atoms with van der Waals surface area (Å²) in [4.78, 5) is 0. The van der Waals surface area contributed by atoms with Gasteiger partial charge in [-0.3, -0.25) is 0 Å². The number of hydrogen-bond donors (Lipinski definition) is 2. The second kappa shape index (κ2) is 6.62. The van der Waals surface area contributed by atoms with E-state index < -0.39 is 0 Å². The van der Waals surface area contributed by atoms with Crippen molar-refractivity contribution in [3.05, 3.63) is 28.8 Å². The Morgan fingerprint density at radius 2 is 1.94 bits per heavy atom. The first-order chi connectivity index (χ1) is 8.13. The van der Waals surface area contributed by atoms with Crippen molar-refractivity contribution >= 4 is 0 Å². The Labute approximate surface area is 105 Å². The summed E-state index contributed by atoms with van der Waals surface area (Å²) < 4.78 is 5.51. The van der Waals surface area contributed by atoms with E-state index in [0.717, 1.165) is 18.7 Å². The van der Waals surface area contributed by atoms with Gasteiger partial charge in [0.05, 0.1) is 7.11 Å². The van der Waals surface area contributed by atoms with Crippen molar-refractivity contribution in [2.75, 3.05) is 27.7 Å². The van der Waals surface area contributed by atoms with Gasteiger partial charge in [-0.25, -0.2) is 0 Å². The molecule has 2 N–H and O–H groups in total. The van der Waals surface area contributed by atoms with Gasteiger partial charge in [0, 0.05) is 11.6 Å². The number of aryl methyl sites for hydroxylation is 2. The maximum Gasteiger partial charge on any atom is 0.124 e. The van der Waals surface area contributed by atoms with E-state index in [1.807, 2.05) is 14.1 Å². The van der Waals surface area contributed by atoms with Crippen molar-refractivity contribution in [1.82, 2.24) is 10.6 Å². The molecule has 1 atom stereocenters. The topological polar surface area (TPSA) is 33.3 Å². The van der Waals surface area contributed by atoms with Gasteiger partial charge in [-0.15, -0.1) is 0 Å². The molecular formula is C14H24N2O. The van der Waals surface area contributed by atoms with E-state index in [1.54, 1.807) is 7.11 Å². The zero-order valence-electron chi connectivity index (χ0n) is 11.6. The highest BCUT2D eigenvalue weighted by atomic mass is 16.5. The lowest BCUT2D eigenvalue weighted by Crippen LogP contribution is -2.23. The maximum atomic E-state index is 5.51. The van der Waals surface area contributed by atoms with E-state index in [0.29, 0.717) is 6.04 Å². The number of nitrogens with one attached hydrogen (secondary N) is 2. The van der Waals surface area contributed by atoms with Gasteiger partial charge in [0.25, 0.3) is 0 Å². The van der Waals surface area contributed by atoms with Gasteiger partial charge in [-0.05, 0) is 58.1 Å². The van der Waals surface area contributed by atoms with Gasteiger partial charge in [-0.1, -0.05) is 6.07 Å². The van der Waals surface area contributed by atoms with E-state index in [9.17, 15) is 0 Å². The number of ether oxygens (including phenoxy) is 1. The SMILES string of the molecule is CNCCC(NC)c1c(C)cc(C)cc1OC. The molecule has 1 aromatic rings. The molecule has 0 radical (unpaired) electrons. The third-order valence-corrected chi connectivity index (χ3v) is 3.09. The molecule has 0 aliphatic carbocycles. The zero-order valence-corrected chi connectivity index (χ0v) is 11.6. The second-order valence-electron chi connectivity index (χ2n) is 4.43. The first-order valence-electron chi connectivity index (χ1n) is 6.11. The van der Waals surface area contributed by atoms with Gasteiger partial charge in [0.15, 0.2) is 0 Å². The zero-order chi connectivity index (χ0) is 12.8. The van der Waals surface area contributed by atoms with Crippen molar-refractivity contribution in [3.8, 4) is 5.75 Å². The molecule has 1 unspecified atom stereocenters. The fraction of sp³-hybridized carbons (Fsp3) is 0.571.